The zero-order valence-corrected chi connectivity index (χ0v) is 7.57. The van der Waals surface area contributed by atoms with Gasteiger partial charge in [-0.3, -0.25) is 0 Å². The van der Waals surface area contributed by atoms with Crippen LogP contribution in [0.1, 0.15) is 0 Å². The summed E-state index contributed by atoms with van der Waals surface area (Å²) in [6.45, 7) is 0. The summed E-state index contributed by atoms with van der Waals surface area (Å²) in [4.78, 5) is 4.83. The van der Waals surface area contributed by atoms with E-state index in [1.54, 1.807) is 11.8 Å². The Labute approximate surface area is 71.2 Å². The Bertz CT molecular complexity index is 175. The number of hydrogen-bond donors (Lipinski definition) is 0. The van der Waals surface area contributed by atoms with Crippen LogP contribution in [0.25, 0.3) is 0 Å². The van der Waals surface area contributed by atoms with E-state index in [1.165, 1.54) is 0 Å². The van der Waals surface area contributed by atoms with Gasteiger partial charge < -0.3 is 28.8 Å². The Morgan fingerprint density at radius 2 is 2.22 bits per heavy atom. The Balaban J connectivity index is 0.000000640. The van der Waals surface area contributed by atoms with Gasteiger partial charge in [0.05, 0.1) is 7.05 Å². The highest BCUT2D eigenvalue weighted by molar-refractivity contribution is 4.59. The van der Waals surface area contributed by atoms with Crippen molar-refractivity contribution in [3.63, 3.8) is 0 Å². The van der Waals surface area contributed by atoms with E-state index in [2.05, 4.69) is 0 Å². The number of nitrogens with zero attached hydrogens (tertiary/aromatic N) is 2. The molecule has 0 spiro atoms. The molecule has 0 bridgehead atoms. The van der Waals surface area contributed by atoms with Gasteiger partial charge in [-0.15, -0.1) is 0 Å². The molecule has 0 atom stereocenters. The maximum absolute atomic E-state index is 4.83. The van der Waals surface area contributed by atoms with Crippen LogP contribution in [0, 0.1) is 0 Å². The third-order valence-electron chi connectivity index (χ3n) is 0.955. The minimum absolute atomic E-state index is 0. The first-order valence-electron chi connectivity index (χ1n) is 2.40. The lowest BCUT2D eigenvalue weighted by Crippen LogP contribution is -3.00. The van der Waals surface area contributed by atoms with Crippen LogP contribution in [-0.2, 0) is 7.05 Å². The average Bonchev–Trinajstić information content (AvgIpc) is 2.14. The maximum atomic E-state index is 4.83. The molecule has 0 saturated carbocycles. The summed E-state index contributed by atoms with van der Waals surface area (Å²) < 4.78 is 3.53. The first-order chi connectivity index (χ1) is 3.83. The van der Waals surface area contributed by atoms with Crippen molar-refractivity contribution in [3.8, 4) is 0 Å². The molecule has 9 heavy (non-hydrogen) atoms. The van der Waals surface area contributed by atoms with Gasteiger partial charge in [0.25, 0.3) is 6.33 Å². The van der Waals surface area contributed by atoms with Gasteiger partial charge in [-0.1, -0.05) is 4.73 Å². The molecular formula is C5H9IN2O. The lowest BCUT2D eigenvalue weighted by Gasteiger charge is -1.84. The molecule has 0 saturated heterocycles. The van der Waals surface area contributed by atoms with Gasteiger partial charge in [0.2, 0.25) is 0 Å². The van der Waals surface area contributed by atoms with Crippen LogP contribution in [-0.4, -0.2) is 11.8 Å². The number of imidazole rings is 1. The highest BCUT2D eigenvalue weighted by atomic mass is 127. The van der Waals surface area contributed by atoms with Crippen molar-refractivity contribution in [2.45, 2.75) is 0 Å². The number of hydrogen-bond acceptors (Lipinski definition) is 1. The highest BCUT2D eigenvalue weighted by Gasteiger charge is 1.94. The van der Waals surface area contributed by atoms with Crippen LogP contribution < -0.4 is 33.4 Å². The van der Waals surface area contributed by atoms with Crippen molar-refractivity contribution in [1.29, 1.82) is 0 Å². The fourth-order valence-electron chi connectivity index (χ4n) is 0.535. The average molecular weight is 240 g/mol. The van der Waals surface area contributed by atoms with Crippen molar-refractivity contribution in [2.24, 2.45) is 7.05 Å². The van der Waals surface area contributed by atoms with Crippen molar-refractivity contribution < 1.29 is 33.4 Å². The molecule has 0 unspecified atom stereocenters. The van der Waals surface area contributed by atoms with E-state index in [9.17, 15) is 0 Å². The predicted octanol–water partition coefficient (Wildman–Crippen LogP) is -3.62. The molecule has 0 aliphatic heterocycles. The standard InChI is InChI=1S/C5H9N2O.HI/c1-6-3-4-7(5-6)8-2;/h3-5H,1-2H3;1H/q+1;/p-1. The second-order valence-electron chi connectivity index (χ2n) is 1.62. The summed E-state index contributed by atoms with van der Waals surface area (Å²) in [6.07, 6.45) is 5.57. The monoisotopic (exact) mass is 240 g/mol. The summed E-state index contributed by atoms with van der Waals surface area (Å²) in [7, 11) is 3.56. The minimum atomic E-state index is 0. The molecule has 1 rings (SSSR count). The molecule has 0 amide bonds. The van der Waals surface area contributed by atoms with E-state index >= 15 is 0 Å². The van der Waals surface area contributed by atoms with Gasteiger partial charge in [-0.05, 0) is 0 Å². The van der Waals surface area contributed by atoms with Gasteiger partial charge in [-0.2, -0.15) is 0 Å². The zero-order valence-electron chi connectivity index (χ0n) is 5.41. The fourth-order valence-corrected chi connectivity index (χ4v) is 0.535. The van der Waals surface area contributed by atoms with E-state index in [0.717, 1.165) is 0 Å². The van der Waals surface area contributed by atoms with Crippen LogP contribution in [0.3, 0.4) is 0 Å². The van der Waals surface area contributed by atoms with Gasteiger partial charge in [0.1, 0.15) is 13.3 Å². The lowest BCUT2D eigenvalue weighted by molar-refractivity contribution is -0.672. The first-order valence-corrected chi connectivity index (χ1v) is 2.40. The fraction of sp³-hybridized carbons (Fsp3) is 0.400. The number of aryl methyl sites for hydroxylation is 1. The molecule has 52 valence electrons. The molecular weight excluding hydrogens is 231 g/mol. The van der Waals surface area contributed by atoms with Gasteiger partial charge in [0.15, 0.2) is 6.20 Å². The largest absolute Gasteiger partial charge is 1.00 e. The zero-order chi connectivity index (χ0) is 5.98. The molecule has 0 N–H and O–H groups in total. The van der Waals surface area contributed by atoms with Crippen molar-refractivity contribution in [3.05, 3.63) is 18.7 Å². The summed E-state index contributed by atoms with van der Waals surface area (Å²) in [6, 6.07) is 0. The molecule has 1 heterocycles. The second-order valence-corrected chi connectivity index (χ2v) is 1.62. The Morgan fingerprint density at radius 3 is 2.44 bits per heavy atom. The van der Waals surface area contributed by atoms with Crippen LogP contribution >= 0.6 is 0 Å². The number of halogens is 1. The van der Waals surface area contributed by atoms with Crippen LogP contribution in [0.2, 0.25) is 0 Å². The molecule has 0 aliphatic rings. The first kappa shape index (κ1) is 8.74. The summed E-state index contributed by atoms with van der Waals surface area (Å²) >= 11 is 0. The Hall–Kier alpha value is -0.260. The number of aromatic nitrogens is 2. The molecule has 4 heteroatoms. The molecule has 0 aliphatic carbocycles. The van der Waals surface area contributed by atoms with E-state index in [4.69, 9.17) is 4.84 Å². The summed E-state index contributed by atoms with van der Waals surface area (Å²) in [5.41, 5.74) is 0. The molecule has 1 aromatic heterocycles. The van der Waals surface area contributed by atoms with E-state index < -0.39 is 0 Å². The van der Waals surface area contributed by atoms with Gasteiger partial charge in [-0.25, -0.2) is 4.57 Å². The quantitative estimate of drug-likeness (QED) is 0.366. The van der Waals surface area contributed by atoms with E-state index in [0.29, 0.717) is 0 Å². The predicted molar refractivity (Wildman–Crippen MR) is 28.1 cm³/mol. The van der Waals surface area contributed by atoms with Crippen LogP contribution in [0.15, 0.2) is 18.7 Å². The number of rotatable bonds is 1. The highest BCUT2D eigenvalue weighted by Crippen LogP contribution is 1.73. The van der Waals surface area contributed by atoms with Crippen molar-refractivity contribution in [1.82, 2.24) is 4.73 Å². The summed E-state index contributed by atoms with van der Waals surface area (Å²) in [5.74, 6) is 0. The lowest BCUT2D eigenvalue weighted by atomic mass is 10.9. The smallest absolute Gasteiger partial charge is 0.284 e. The van der Waals surface area contributed by atoms with Gasteiger partial charge in [0, 0.05) is 0 Å². The van der Waals surface area contributed by atoms with Crippen molar-refractivity contribution in [2.75, 3.05) is 7.11 Å². The van der Waals surface area contributed by atoms with Crippen molar-refractivity contribution >= 4 is 0 Å². The molecule has 0 fully saturated rings. The van der Waals surface area contributed by atoms with E-state index in [1.807, 2.05) is 30.3 Å². The normalized spacial score (nSPS) is 8.22. The molecule has 1 aromatic rings. The van der Waals surface area contributed by atoms with Gasteiger partial charge >= 0.3 is 0 Å². The Kier molecular flexibility index (Phi) is 3.60. The molecule has 3 nitrogen and oxygen atoms in total. The van der Waals surface area contributed by atoms with Crippen LogP contribution in [0.4, 0.5) is 0 Å². The molecule has 0 radical (unpaired) electrons. The second kappa shape index (κ2) is 3.71. The topological polar surface area (TPSA) is 18.0 Å². The SMILES string of the molecule is COn1cc[n+](C)c1.[I-]. The summed E-state index contributed by atoms with van der Waals surface area (Å²) in [5, 5.41) is 0. The molecule has 0 aromatic carbocycles. The minimum Gasteiger partial charge on any atom is -1.00 e. The van der Waals surface area contributed by atoms with E-state index in [-0.39, 0.29) is 24.0 Å². The maximum Gasteiger partial charge on any atom is 0.284 e. The third-order valence-corrected chi connectivity index (χ3v) is 0.955. The Morgan fingerprint density at radius 1 is 1.56 bits per heavy atom. The van der Waals surface area contributed by atoms with Crippen LogP contribution in [0.5, 0.6) is 0 Å². The third kappa shape index (κ3) is 2.21.